The van der Waals surface area contributed by atoms with E-state index in [1.54, 1.807) is 0 Å². The monoisotopic (exact) mass is 230 g/mol. The standard InChI is InChI=1S/C16H22O/c1-10-13-8-11(16(10,2)3)9-14(13)12-6-4-5-7-15(12)17/h4-7,10-11,13-14,17H,8-9H2,1-3H3/t10-,11+,13-,14-/m1/s1. The molecule has 92 valence electrons. The summed E-state index contributed by atoms with van der Waals surface area (Å²) in [7, 11) is 0. The van der Waals surface area contributed by atoms with Crippen LogP contribution in [0.25, 0.3) is 0 Å². The quantitative estimate of drug-likeness (QED) is 0.767. The molecule has 0 aliphatic heterocycles. The molecule has 0 saturated heterocycles. The predicted octanol–water partition coefficient (Wildman–Crippen LogP) is 4.18. The smallest absolute Gasteiger partial charge is 0.119 e. The summed E-state index contributed by atoms with van der Waals surface area (Å²) in [5.41, 5.74) is 1.67. The first kappa shape index (κ1) is 11.1. The molecule has 2 fully saturated rings. The maximum Gasteiger partial charge on any atom is 0.119 e. The molecule has 2 aliphatic rings. The molecule has 1 aromatic rings. The number of para-hydroxylation sites is 1. The summed E-state index contributed by atoms with van der Waals surface area (Å²) in [6.07, 6.45) is 2.62. The van der Waals surface area contributed by atoms with Crippen molar-refractivity contribution < 1.29 is 5.11 Å². The first-order chi connectivity index (χ1) is 8.01. The van der Waals surface area contributed by atoms with Crippen LogP contribution in [0, 0.1) is 23.2 Å². The van der Waals surface area contributed by atoms with Crippen LogP contribution in [0.3, 0.4) is 0 Å². The molecular weight excluding hydrogens is 208 g/mol. The fourth-order valence-corrected chi connectivity index (χ4v) is 4.31. The summed E-state index contributed by atoms with van der Waals surface area (Å²) in [5.74, 6) is 3.46. The Labute approximate surface area is 104 Å². The molecular formula is C16H22O. The van der Waals surface area contributed by atoms with Gasteiger partial charge in [0, 0.05) is 0 Å². The van der Waals surface area contributed by atoms with Crippen LogP contribution in [-0.2, 0) is 0 Å². The van der Waals surface area contributed by atoms with Gasteiger partial charge < -0.3 is 5.11 Å². The van der Waals surface area contributed by atoms with Gasteiger partial charge in [-0.25, -0.2) is 0 Å². The Hall–Kier alpha value is -0.980. The number of phenolic OH excluding ortho intramolecular Hbond substituents is 1. The first-order valence-electron chi connectivity index (χ1n) is 6.79. The van der Waals surface area contributed by atoms with Crippen molar-refractivity contribution in [1.29, 1.82) is 0 Å². The highest BCUT2D eigenvalue weighted by Crippen LogP contribution is 2.64. The third kappa shape index (κ3) is 1.44. The first-order valence-corrected chi connectivity index (χ1v) is 6.79. The largest absolute Gasteiger partial charge is 0.508 e. The van der Waals surface area contributed by atoms with Gasteiger partial charge in [0.25, 0.3) is 0 Å². The summed E-state index contributed by atoms with van der Waals surface area (Å²) in [6, 6.07) is 7.91. The molecule has 1 N–H and O–H groups in total. The Morgan fingerprint density at radius 1 is 1.18 bits per heavy atom. The fraction of sp³-hybridized carbons (Fsp3) is 0.625. The van der Waals surface area contributed by atoms with Crippen molar-refractivity contribution in [2.45, 2.75) is 39.5 Å². The molecule has 2 aliphatic carbocycles. The molecule has 1 heteroatoms. The van der Waals surface area contributed by atoms with E-state index < -0.39 is 0 Å². The minimum Gasteiger partial charge on any atom is -0.508 e. The fourth-order valence-electron chi connectivity index (χ4n) is 4.31. The topological polar surface area (TPSA) is 20.2 Å². The number of hydrogen-bond donors (Lipinski definition) is 1. The van der Waals surface area contributed by atoms with E-state index in [1.165, 1.54) is 18.4 Å². The van der Waals surface area contributed by atoms with E-state index in [9.17, 15) is 5.11 Å². The van der Waals surface area contributed by atoms with Gasteiger partial charge in [0.15, 0.2) is 0 Å². The number of phenols is 1. The molecule has 0 spiro atoms. The van der Waals surface area contributed by atoms with Crippen molar-refractivity contribution in [2.75, 3.05) is 0 Å². The molecule has 1 nitrogen and oxygen atoms in total. The van der Waals surface area contributed by atoms with Crippen molar-refractivity contribution in [1.82, 2.24) is 0 Å². The molecule has 0 unspecified atom stereocenters. The number of fused-ring (bicyclic) bond motifs is 2. The maximum absolute atomic E-state index is 10.0. The van der Waals surface area contributed by atoms with Crippen molar-refractivity contribution in [2.24, 2.45) is 23.2 Å². The lowest BCUT2D eigenvalue weighted by atomic mass is 9.65. The van der Waals surface area contributed by atoms with Gasteiger partial charge in [-0.05, 0) is 53.6 Å². The highest BCUT2D eigenvalue weighted by molar-refractivity contribution is 5.37. The average Bonchev–Trinajstić information content (AvgIpc) is 2.80. The van der Waals surface area contributed by atoms with Crippen LogP contribution in [-0.4, -0.2) is 5.11 Å². The van der Waals surface area contributed by atoms with Crippen molar-refractivity contribution in [3.8, 4) is 5.75 Å². The van der Waals surface area contributed by atoms with E-state index in [1.807, 2.05) is 12.1 Å². The molecule has 0 aromatic heterocycles. The van der Waals surface area contributed by atoms with E-state index in [4.69, 9.17) is 0 Å². The minimum absolute atomic E-state index is 0.492. The van der Waals surface area contributed by atoms with Crippen LogP contribution in [0.1, 0.15) is 45.1 Å². The van der Waals surface area contributed by atoms with E-state index in [-0.39, 0.29) is 0 Å². The summed E-state index contributed by atoms with van der Waals surface area (Å²) >= 11 is 0. The number of hydrogen-bond acceptors (Lipinski definition) is 1. The third-order valence-corrected chi connectivity index (χ3v) is 5.82. The number of rotatable bonds is 1. The zero-order valence-electron chi connectivity index (χ0n) is 11.0. The maximum atomic E-state index is 10.0. The van der Waals surface area contributed by atoms with E-state index >= 15 is 0 Å². The summed E-state index contributed by atoms with van der Waals surface area (Å²) in [4.78, 5) is 0. The molecule has 2 saturated carbocycles. The normalized spacial score (nSPS) is 38.5. The van der Waals surface area contributed by atoms with Crippen LogP contribution in [0.4, 0.5) is 0 Å². The van der Waals surface area contributed by atoms with Crippen LogP contribution >= 0.6 is 0 Å². The van der Waals surface area contributed by atoms with Crippen LogP contribution in [0.2, 0.25) is 0 Å². The van der Waals surface area contributed by atoms with Crippen LogP contribution in [0.5, 0.6) is 5.75 Å². The van der Waals surface area contributed by atoms with Crippen molar-refractivity contribution in [3.63, 3.8) is 0 Å². The second kappa shape index (κ2) is 3.51. The number of aromatic hydroxyl groups is 1. The molecule has 0 heterocycles. The van der Waals surface area contributed by atoms with E-state index in [2.05, 4.69) is 32.9 Å². The third-order valence-electron chi connectivity index (χ3n) is 5.82. The summed E-state index contributed by atoms with van der Waals surface area (Å²) in [5, 5.41) is 10.0. The zero-order chi connectivity index (χ0) is 12.2. The van der Waals surface area contributed by atoms with Gasteiger partial charge in [0.05, 0.1) is 0 Å². The zero-order valence-corrected chi connectivity index (χ0v) is 11.0. The Kier molecular flexibility index (Phi) is 2.30. The Morgan fingerprint density at radius 3 is 2.47 bits per heavy atom. The second-order valence-electron chi connectivity index (χ2n) is 6.61. The van der Waals surface area contributed by atoms with Crippen LogP contribution < -0.4 is 0 Å². The van der Waals surface area contributed by atoms with Gasteiger partial charge in [-0.3, -0.25) is 0 Å². The molecule has 4 atom stereocenters. The van der Waals surface area contributed by atoms with Gasteiger partial charge in [-0.15, -0.1) is 0 Å². The molecule has 2 bridgehead atoms. The average molecular weight is 230 g/mol. The molecule has 3 rings (SSSR count). The van der Waals surface area contributed by atoms with Crippen molar-refractivity contribution in [3.05, 3.63) is 29.8 Å². The Morgan fingerprint density at radius 2 is 1.88 bits per heavy atom. The lowest BCUT2D eigenvalue weighted by molar-refractivity contribution is 0.121. The Balaban J connectivity index is 1.93. The second-order valence-corrected chi connectivity index (χ2v) is 6.61. The molecule has 0 radical (unpaired) electrons. The lowest BCUT2D eigenvalue weighted by Gasteiger charge is -2.40. The van der Waals surface area contributed by atoms with Crippen LogP contribution in [0.15, 0.2) is 24.3 Å². The van der Waals surface area contributed by atoms with Gasteiger partial charge in [-0.1, -0.05) is 39.0 Å². The molecule has 17 heavy (non-hydrogen) atoms. The van der Waals surface area contributed by atoms with Gasteiger partial charge in [-0.2, -0.15) is 0 Å². The van der Waals surface area contributed by atoms with Gasteiger partial charge in [0.2, 0.25) is 0 Å². The lowest BCUT2D eigenvalue weighted by Crippen LogP contribution is -2.32. The van der Waals surface area contributed by atoms with E-state index in [0.29, 0.717) is 17.1 Å². The highest BCUT2D eigenvalue weighted by atomic mass is 16.3. The van der Waals surface area contributed by atoms with Crippen molar-refractivity contribution >= 4 is 0 Å². The Bertz CT molecular complexity index is 431. The highest BCUT2D eigenvalue weighted by Gasteiger charge is 2.55. The summed E-state index contributed by atoms with van der Waals surface area (Å²) in [6.45, 7) is 7.24. The summed E-state index contributed by atoms with van der Waals surface area (Å²) < 4.78 is 0. The minimum atomic E-state index is 0.492. The molecule has 0 amide bonds. The number of benzene rings is 1. The predicted molar refractivity (Wildman–Crippen MR) is 70.0 cm³/mol. The van der Waals surface area contributed by atoms with Gasteiger partial charge in [0.1, 0.15) is 5.75 Å². The molecule has 1 aromatic carbocycles. The SMILES string of the molecule is C[C@@H]1[C@H]2C[C@@H](C[C@@H]2c2ccccc2O)C1(C)C. The van der Waals surface area contributed by atoms with E-state index in [0.717, 1.165) is 17.8 Å². The van der Waals surface area contributed by atoms with Gasteiger partial charge >= 0.3 is 0 Å².